The van der Waals surface area contributed by atoms with E-state index in [1.54, 1.807) is 31.4 Å². The topological polar surface area (TPSA) is 83.1 Å². The zero-order valence-electron chi connectivity index (χ0n) is 13.5. The summed E-state index contributed by atoms with van der Waals surface area (Å²) in [5.74, 6) is 0.204. The molecule has 0 unspecified atom stereocenters. The van der Waals surface area contributed by atoms with Crippen molar-refractivity contribution < 1.29 is 28.5 Å². The maximum atomic E-state index is 11.6. The van der Waals surface area contributed by atoms with Gasteiger partial charge >= 0.3 is 5.97 Å². The van der Waals surface area contributed by atoms with Crippen LogP contribution in [0.4, 0.5) is 0 Å². The lowest BCUT2D eigenvalue weighted by Crippen LogP contribution is -2.31. The summed E-state index contributed by atoms with van der Waals surface area (Å²) in [4.78, 5) is 23.0. The quantitative estimate of drug-likeness (QED) is 0.415. The van der Waals surface area contributed by atoms with Crippen LogP contribution in [0.5, 0.6) is 11.5 Å². The lowest BCUT2D eigenvalue weighted by atomic mass is 10.2. The van der Waals surface area contributed by atoms with E-state index in [9.17, 15) is 9.59 Å². The molecule has 0 saturated carbocycles. The first-order valence-corrected chi connectivity index (χ1v) is 6.93. The van der Waals surface area contributed by atoms with Gasteiger partial charge in [0.1, 0.15) is 11.5 Å². The zero-order valence-corrected chi connectivity index (χ0v) is 13.5. The van der Waals surface area contributed by atoms with Crippen molar-refractivity contribution in [1.82, 2.24) is 5.32 Å². The van der Waals surface area contributed by atoms with Gasteiger partial charge in [-0.15, -0.1) is 0 Å². The van der Waals surface area contributed by atoms with Crippen LogP contribution in [0, 0.1) is 0 Å². The van der Waals surface area contributed by atoms with Gasteiger partial charge in [0.15, 0.2) is 6.61 Å². The van der Waals surface area contributed by atoms with Gasteiger partial charge in [-0.1, -0.05) is 0 Å². The van der Waals surface area contributed by atoms with Gasteiger partial charge in [-0.2, -0.15) is 0 Å². The molecule has 1 amide bonds. The molecule has 1 N–H and O–H groups in total. The normalized spacial score (nSPS) is 10.4. The largest absolute Gasteiger partial charge is 0.497 e. The summed E-state index contributed by atoms with van der Waals surface area (Å²) in [6, 6.07) is 5.20. The monoisotopic (exact) mass is 323 g/mol. The minimum atomic E-state index is -0.621. The predicted octanol–water partition coefficient (Wildman–Crippen LogP) is 1.02. The van der Waals surface area contributed by atoms with Crippen molar-refractivity contribution >= 4 is 18.0 Å². The molecule has 0 radical (unpaired) electrons. The van der Waals surface area contributed by atoms with Crippen LogP contribution in [0.3, 0.4) is 0 Å². The molecule has 0 atom stereocenters. The molecule has 0 fully saturated rings. The van der Waals surface area contributed by atoms with Crippen molar-refractivity contribution in [2.24, 2.45) is 0 Å². The lowest BCUT2D eigenvalue weighted by molar-refractivity contribution is -0.143. The molecule has 0 heterocycles. The molecule has 1 aromatic carbocycles. The zero-order chi connectivity index (χ0) is 17.1. The molecule has 7 nitrogen and oxygen atoms in total. The van der Waals surface area contributed by atoms with E-state index in [0.29, 0.717) is 30.2 Å². The fraction of sp³-hybridized carbons (Fsp3) is 0.375. The summed E-state index contributed by atoms with van der Waals surface area (Å²) >= 11 is 0. The number of hydrogen-bond donors (Lipinski definition) is 1. The van der Waals surface area contributed by atoms with Crippen molar-refractivity contribution in [2.75, 3.05) is 41.1 Å². The van der Waals surface area contributed by atoms with Crippen LogP contribution < -0.4 is 14.8 Å². The van der Waals surface area contributed by atoms with Crippen LogP contribution in [0.1, 0.15) is 5.56 Å². The van der Waals surface area contributed by atoms with E-state index in [0.717, 1.165) is 0 Å². The molecule has 7 heteroatoms. The standard InChI is InChI=1S/C16H21NO6/c1-20-9-8-17-15(18)11-23-16(19)7-5-12-4-6-13(21-2)10-14(12)22-3/h4-7,10H,8-9,11H2,1-3H3,(H,17,18)/b7-5+. The lowest BCUT2D eigenvalue weighted by Gasteiger charge is -2.07. The van der Waals surface area contributed by atoms with Gasteiger partial charge in [-0.05, 0) is 18.2 Å². The number of esters is 1. The van der Waals surface area contributed by atoms with Gasteiger partial charge in [0.2, 0.25) is 0 Å². The van der Waals surface area contributed by atoms with Gasteiger partial charge in [0.25, 0.3) is 5.91 Å². The number of carbonyl (C=O) groups is 2. The fourth-order valence-electron chi connectivity index (χ4n) is 1.64. The Kier molecular flexibility index (Phi) is 8.23. The summed E-state index contributed by atoms with van der Waals surface area (Å²) in [7, 11) is 4.61. The maximum Gasteiger partial charge on any atom is 0.331 e. The Morgan fingerprint density at radius 3 is 2.61 bits per heavy atom. The van der Waals surface area contributed by atoms with Crippen LogP contribution in [0.25, 0.3) is 6.08 Å². The van der Waals surface area contributed by atoms with Crippen LogP contribution in [-0.4, -0.2) is 53.0 Å². The van der Waals surface area contributed by atoms with Crippen molar-refractivity contribution in [2.45, 2.75) is 0 Å². The third-order valence-electron chi connectivity index (χ3n) is 2.81. The Morgan fingerprint density at radius 2 is 1.96 bits per heavy atom. The second-order valence-corrected chi connectivity index (χ2v) is 4.39. The molecule has 23 heavy (non-hydrogen) atoms. The third kappa shape index (κ3) is 6.84. The van der Waals surface area contributed by atoms with Crippen LogP contribution in [0.15, 0.2) is 24.3 Å². The Hall–Kier alpha value is -2.54. The minimum Gasteiger partial charge on any atom is -0.497 e. The maximum absolute atomic E-state index is 11.6. The van der Waals surface area contributed by atoms with Gasteiger partial charge in [0, 0.05) is 31.4 Å². The first kappa shape index (κ1) is 18.5. The van der Waals surface area contributed by atoms with E-state index >= 15 is 0 Å². The molecular weight excluding hydrogens is 302 g/mol. The number of nitrogens with one attached hydrogen (secondary N) is 1. The number of carbonyl (C=O) groups excluding carboxylic acids is 2. The average Bonchev–Trinajstić information content (AvgIpc) is 2.58. The van der Waals surface area contributed by atoms with Crippen LogP contribution >= 0.6 is 0 Å². The van der Waals surface area contributed by atoms with Gasteiger partial charge < -0.3 is 24.3 Å². The molecule has 1 rings (SSSR count). The van der Waals surface area contributed by atoms with E-state index < -0.39 is 5.97 Å². The fourth-order valence-corrected chi connectivity index (χ4v) is 1.64. The summed E-state index contributed by atoms with van der Waals surface area (Å²) < 4.78 is 19.9. The molecule has 0 aliphatic carbocycles. The number of benzene rings is 1. The van der Waals surface area contributed by atoms with Crippen molar-refractivity contribution in [3.63, 3.8) is 0 Å². The molecular formula is C16H21NO6. The molecule has 1 aromatic rings. The molecule has 126 valence electrons. The van der Waals surface area contributed by atoms with Crippen LogP contribution in [0.2, 0.25) is 0 Å². The van der Waals surface area contributed by atoms with E-state index in [2.05, 4.69) is 5.32 Å². The summed E-state index contributed by atoms with van der Waals surface area (Å²) in [5, 5.41) is 2.54. The van der Waals surface area contributed by atoms with Gasteiger partial charge in [0.05, 0.1) is 20.8 Å². The van der Waals surface area contributed by atoms with Crippen molar-refractivity contribution in [3.8, 4) is 11.5 Å². The second kappa shape index (κ2) is 10.2. The molecule has 0 aromatic heterocycles. The molecule has 0 aliphatic rings. The van der Waals surface area contributed by atoms with E-state index in [1.165, 1.54) is 20.3 Å². The van der Waals surface area contributed by atoms with Gasteiger partial charge in [-0.25, -0.2) is 4.79 Å². The SMILES string of the molecule is COCCNC(=O)COC(=O)/C=C/c1ccc(OC)cc1OC. The first-order valence-electron chi connectivity index (χ1n) is 6.93. The first-order chi connectivity index (χ1) is 11.1. The summed E-state index contributed by atoms with van der Waals surface area (Å²) in [6.07, 6.45) is 2.77. The Bertz CT molecular complexity index is 556. The average molecular weight is 323 g/mol. The van der Waals surface area contributed by atoms with Crippen molar-refractivity contribution in [1.29, 1.82) is 0 Å². The van der Waals surface area contributed by atoms with Crippen molar-refractivity contribution in [3.05, 3.63) is 29.8 Å². The predicted molar refractivity (Wildman–Crippen MR) is 84.4 cm³/mol. The third-order valence-corrected chi connectivity index (χ3v) is 2.81. The highest BCUT2D eigenvalue weighted by atomic mass is 16.5. The van der Waals surface area contributed by atoms with E-state index in [1.807, 2.05) is 0 Å². The highest BCUT2D eigenvalue weighted by Gasteiger charge is 2.06. The Labute approximate surface area is 135 Å². The Morgan fingerprint density at radius 1 is 1.17 bits per heavy atom. The highest BCUT2D eigenvalue weighted by Crippen LogP contribution is 2.25. The summed E-state index contributed by atoms with van der Waals surface area (Å²) in [5.41, 5.74) is 0.690. The smallest absolute Gasteiger partial charge is 0.331 e. The van der Waals surface area contributed by atoms with Crippen LogP contribution in [-0.2, 0) is 19.1 Å². The number of methoxy groups -OCH3 is 3. The van der Waals surface area contributed by atoms with Gasteiger partial charge in [-0.3, -0.25) is 4.79 Å². The minimum absolute atomic E-state index is 0.341. The second-order valence-electron chi connectivity index (χ2n) is 4.39. The molecule has 0 spiro atoms. The molecule has 0 bridgehead atoms. The highest BCUT2D eigenvalue weighted by molar-refractivity contribution is 5.89. The van der Waals surface area contributed by atoms with E-state index in [-0.39, 0.29) is 12.5 Å². The summed E-state index contributed by atoms with van der Waals surface area (Å²) in [6.45, 7) is 0.426. The van der Waals surface area contributed by atoms with E-state index in [4.69, 9.17) is 18.9 Å². The number of hydrogen-bond acceptors (Lipinski definition) is 6. The number of amides is 1. The number of rotatable bonds is 9. The Balaban J connectivity index is 2.50. The number of ether oxygens (including phenoxy) is 4. The molecule has 0 saturated heterocycles. The molecule has 0 aliphatic heterocycles.